The molecule has 0 aromatic heterocycles. The van der Waals surface area contributed by atoms with Gasteiger partial charge in [0.2, 0.25) is 5.91 Å². The first kappa shape index (κ1) is 18.7. The number of amides is 2. The highest BCUT2D eigenvalue weighted by atomic mass is 16.6. The topological polar surface area (TPSA) is 78.9 Å². The van der Waals surface area contributed by atoms with Crippen molar-refractivity contribution in [2.45, 2.75) is 70.9 Å². The summed E-state index contributed by atoms with van der Waals surface area (Å²) in [6, 6.07) is 0.143. The molecule has 0 bridgehead atoms. The van der Waals surface area contributed by atoms with Gasteiger partial charge in [-0.15, -0.1) is 0 Å². The van der Waals surface area contributed by atoms with Gasteiger partial charge in [-0.05, 0) is 46.5 Å². The van der Waals surface area contributed by atoms with Gasteiger partial charge in [0, 0.05) is 32.2 Å². The van der Waals surface area contributed by atoms with E-state index < -0.39 is 5.60 Å². The van der Waals surface area contributed by atoms with Gasteiger partial charge in [0.25, 0.3) is 0 Å². The van der Waals surface area contributed by atoms with E-state index in [0.717, 1.165) is 32.1 Å². The zero-order valence-corrected chi connectivity index (χ0v) is 14.1. The molecular weight excluding hydrogens is 284 g/mol. The largest absolute Gasteiger partial charge is 0.444 e. The van der Waals surface area contributed by atoms with Crippen molar-refractivity contribution in [1.29, 1.82) is 0 Å². The van der Waals surface area contributed by atoms with Gasteiger partial charge in [-0.3, -0.25) is 4.79 Å². The summed E-state index contributed by atoms with van der Waals surface area (Å²) in [5.41, 5.74) is -0.475. The number of nitrogens with one attached hydrogen (secondary N) is 1. The lowest BCUT2D eigenvalue weighted by Gasteiger charge is -2.33. The Morgan fingerprint density at radius 3 is 2.36 bits per heavy atom. The molecule has 2 N–H and O–H groups in total. The van der Waals surface area contributed by atoms with E-state index in [1.165, 1.54) is 0 Å². The van der Waals surface area contributed by atoms with Gasteiger partial charge in [-0.2, -0.15) is 0 Å². The minimum absolute atomic E-state index is 0.0636. The van der Waals surface area contributed by atoms with Gasteiger partial charge in [-0.25, -0.2) is 4.79 Å². The standard InChI is InChI=1S/C16H30N2O4/c1-16(2,3)22-15(21)18-10-8-13(9-11-18)17-14(20)7-5-4-6-12-19/h13,19H,4-12H2,1-3H3,(H,17,20). The van der Waals surface area contributed by atoms with Crippen molar-refractivity contribution < 1.29 is 19.4 Å². The fraction of sp³-hybridized carbons (Fsp3) is 0.875. The van der Waals surface area contributed by atoms with E-state index >= 15 is 0 Å². The Kier molecular flexibility index (Phi) is 7.65. The van der Waals surface area contributed by atoms with E-state index in [4.69, 9.17) is 9.84 Å². The van der Waals surface area contributed by atoms with Gasteiger partial charge in [0.1, 0.15) is 5.60 Å². The van der Waals surface area contributed by atoms with Crippen molar-refractivity contribution in [2.24, 2.45) is 0 Å². The fourth-order valence-electron chi connectivity index (χ4n) is 2.41. The summed E-state index contributed by atoms with van der Waals surface area (Å²) in [5.74, 6) is 0.0636. The molecule has 0 radical (unpaired) electrons. The average molecular weight is 314 g/mol. The maximum Gasteiger partial charge on any atom is 0.410 e. The molecule has 0 aliphatic carbocycles. The molecule has 6 heteroatoms. The minimum atomic E-state index is -0.475. The van der Waals surface area contributed by atoms with Crippen molar-refractivity contribution >= 4 is 12.0 Å². The first-order chi connectivity index (χ1) is 10.3. The number of aliphatic hydroxyl groups is 1. The molecular formula is C16H30N2O4. The Bertz CT molecular complexity index is 358. The highest BCUT2D eigenvalue weighted by molar-refractivity contribution is 5.76. The lowest BCUT2D eigenvalue weighted by atomic mass is 10.0. The molecule has 0 unspecified atom stereocenters. The fourth-order valence-corrected chi connectivity index (χ4v) is 2.41. The van der Waals surface area contributed by atoms with Crippen molar-refractivity contribution in [3.8, 4) is 0 Å². The molecule has 1 aliphatic heterocycles. The van der Waals surface area contributed by atoms with Crippen LogP contribution in [0.1, 0.15) is 59.3 Å². The molecule has 22 heavy (non-hydrogen) atoms. The summed E-state index contributed by atoms with van der Waals surface area (Å²) in [5, 5.41) is 11.7. The number of ether oxygens (including phenoxy) is 1. The van der Waals surface area contributed by atoms with Crippen LogP contribution in [0.3, 0.4) is 0 Å². The zero-order valence-electron chi connectivity index (χ0n) is 14.1. The van der Waals surface area contributed by atoms with Crippen molar-refractivity contribution in [1.82, 2.24) is 10.2 Å². The number of carbonyl (C=O) groups is 2. The summed E-state index contributed by atoms with van der Waals surface area (Å²) in [4.78, 5) is 25.4. The molecule has 0 aromatic carbocycles. The van der Waals surface area contributed by atoms with E-state index in [1.807, 2.05) is 20.8 Å². The molecule has 1 fully saturated rings. The summed E-state index contributed by atoms with van der Waals surface area (Å²) < 4.78 is 5.35. The first-order valence-electron chi connectivity index (χ1n) is 8.20. The van der Waals surface area contributed by atoms with Crippen LogP contribution in [0.15, 0.2) is 0 Å². The zero-order chi connectivity index (χ0) is 16.6. The summed E-state index contributed by atoms with van der Waals surface area (Å²) in [6.07, 6.45) is 4.20. The second-order valence-electron chi connectivity index (χ2n) is 6.84. The van der Waals surface area contributed by atoms with E-state index in [1.54, 1.807) is 4.90 Å². The van der Waals surface area contributed by atoms with Crippen LogP contribution in [-0.2, 0) is 9.53 Å². The molecule has 0 atom stereocenters. The molecule has 0 saturated carbocycles. The Morgan fingerprint density at radius 1 is 1.18 bits per heavy atom. The monoisotopic (exact) mass is 314 g/mol. The number of likely N-dealkylation sites (tertiary alicyclic amines) is 1. The molecule has 6 nitrogen and oxygen atoms in total. The van der Waals surface area contributed by atoms with Gasteiger partial charge in [0.15, 0.2) is 0 Å². The first-order valence-corrected chi connectivity index (χ1v) is 8.20. The maximum absolute atomic E-state index is 11.9. The number of hydrogen-bond acceptors (Lipinski definition) is 4. The molecule has 1 saturated heterocycles. The molecule has 1 rings (SSSR count). The number of carbonyl (C=O) groups excluding carboxylic acids is 2. The highest BCUT2D eigenvalue weighted by Gasteiger charge is 2.27. The van der Waals surface area contributed by atoms with Crippen LogP contribution < -0.4 is 5.32 Å². The van der Waals surface area contributed by atoms with E-state index in [9.17, 15) is 9.59 Å². The highest BCUT2D eigenvalue weighted by Crippen LogP contribution is 2.15. The van der Waals surface area contributed by atoms with Crippen molar-refractivity contribution in [2.75, 3.05) is 19.7 Å². The molecule has 0 aromatic rings. The Hall–Kier alpha value is -1.30. The molecule has 0 spiro atoms. The van der Waals surface area contributed by atoms with Crippen LogP contribution in [0.4, 0.5) is 4.79 Å². The number of hydrogen-bond donors (Lipinski definition) is 2. The van der Waals surface area contributed by atoms with Crippen LogP contribution in [0.25, 0.3) is 0 Å². The Labute approximate surface area is 133 Å². The number of unbranched alkanes of at least 4 members (excludes halogenated alkanes) is 2. The quantitative estimate of drug-likeness (QED) is 0.736. The Morgan fingerprint density at radius 2 is 1.82 bits per heavy atom. The average Bonchev–Trinajstić information content (AvgIpc) is 2.42. The lowest BCUT2D eigenvalue weighted by Crippen LogP contribution is -2.47. The van der Waals surface area contributed by atoms with Gasteiger partial charge < -0.3 is 20.1 Å². The van der Waals surface area contributed by atoms with Crippen LogP contribution in [0.5, 0.6) is 0 Å². The molecule has 1 heterocycles. The number of aliphatic hydroxyl groups excluding tert-OH is 1. The SMILES string of the molecule is CC(C)(C)OC(=O)N1CCC(NC(=O)CCCCCO)CC1. The van der Waals surface area contributed by atoms with Crippen LogP contribution in [-0.4, -0.2) is 53.3 Å². The summed E-state index contributed by atoms with van der Waals surface area (Å²) in [6.45, 7) is 6.98. The van der Waals surface area contributed by atoms with Crippen LogP contribution >= 0.6 is 0 Å². The van der Waals surface area contributed by atoms with Crippen LogP contribution in [0.2, 0.25) is 0 Å². The van der Waals surface area contributed by atoms with Gasteiger partial charge >= 0.3 is 6.09 Å². The van der Waals surface area contributed by atoms with Gasteiger partial charge in [-0.1, -0.05) is 6.42 Å². The molecule has 1 aliphatic rings. The smallest absolute Gasteiger partial charge is 0.410 e. The van der Waals surface area contributed by atoms with E-state index in [2.05, 4.69) is 5.32 Å². The number of nitrogens with zero attached hydrogens (tertiary/aromatic N) is 1. The summed E-state index contributed by atoms with van der Waals surface area (Å²) >= 11 is 0. The predicted octanol–water partition coefficient (Wildman–Crippen LogP) is 2.05. The normalized spacial score (nSPS) is 16.5. The second-order valence-corrected chi connectivity index (χ2v) is 6.84. The third kappa shape index (κ3) is 7.64. The number of piperidine rings is 1. The van der Waals surface area contributed by atoms with E-state index in [-0.39, 0.29) is 24.6 Å². The maximum atomic E-state index is 11.9. The molecule has 128 valence electrons. The summed E-state index contributed by atoms with van der Waals surface area (Å²) in [7, 11) is 0. The second kappa shape index (κ2) is 8.98. The number of rotatable bonds is 6. The Balaban J connectivity index is 2.22. The van der Waals surface area contributed by atoms with Crippen molar-refractivity contribution in [3.05, 3.63) is 0 Å². The third-order valence-electron chi connectivity index (χ3n) is 3.57. The molecule has 2 amide bonds. The third-order valence-corrected chi connectivity index (χ3v) is 3.57. The van der Waals surface area contributed by atoms with Crippen LogP contribution in [0, 0.1) is 0 Å². The van der Waals surface area contributed by atoms with E-state index in [0.29, 0.717) is 19.5 Å². The van der Waals surface area contributed by atoms with Gasteiger partial charge in [0.05, 0.1) is 0 Å². The minimum Gasteiger partial charge on any atom is -0.444 e. The van der Waals surface area contributed by atoms with Crippen molar-refractivity contribution in [3.63, 3.8) is 0 Å². The predicted molar refractivity (Wildman–Crippen MR) is 84.5 cm³/mol. The lowest BCUT2D eigenvalue weighted by molar-refractivity contribution is -0.122.